The average Bonchev–Trinajstić information content (AvgIpc) is 2.10. The first kappa shape index (κ1) is 12.2. The zero-order valence-corrected chi connectivity index (χ0v) is 9.92. The van der Waals surface area contributed by atoms with Gasteiger partial charge in [0.05, 0.1) is 6.42 Å². The van der Waals surface area contributed by atoms with Crippen LogP contribution in [0.1, 0.15) is 17.5 Å². The van der Waals surface area contributed by atoms with Gasteiger partial charge in [0, 0.05) is 4.83 Å². The van der Waals surface area contributed by atoms with Crippen LogP contribution in [0.2, 0.25) is 0 Å². The number of carboxylic acids is 1. The Morgan fingerprint density at radius 1 is 1.60 bits per heavy atom. The Bertz CT molecular complexity index is 366. The van der Waals surface area contributed by atoms with E-state index in [1.165, 1.54) is 6.07 Å². The molecule has 0 saturated carbocycles. The molecule has 1 N–H and O–H groups in total. The van der Waals surface area contributed by atoms with Gasteiger partial charge in [0.15, 0.2) is 0 Å². The predicted octanol–water partition coefficient (Wildman–Crippen LogP) is 2.91. The molecular weight excluding hydrogens is 263 g/mol. The van der Waals surface area contributed by atoms with E-state index in [-0.39, 0.29) is 17.1 Å². The summed E-state index contributed by atoms with van der Waals surface area (Å²) in [6.07, 6.45) is 0.657. The van der Waals surface area contributed by atoms with Crippen molar-refractivity contribution in [3.8, 4) is 0 Å². The van der Waals surface area contributed by atoms with Gasteiger partial charge in [0.25, 0.3) is 0 Å². The molecule has 1 aromatic carbocycles. The van der Waals surface area contributed by atoms with Crippen molar-refractivity contribution in [3.05, 3.63) is 35.1 Å². The minimum atomic E-state index is -0.837. The number of hydrogen-bond acceptors (Lipinski definition) is 1. The monoisotopic (exact) mass is 274 g/mol. The number of hydrogen-bond donors (Lipinski definition) is 1. The Morgan fingerprint density at radius 2 is 2.27 bits per heavy atom. The van der Waals surface area contributed by atoms with Crippen molar-refractivity contribution in [2.75, 3.05) is 0 Å². The third-order valence-electron chi connectivity index (χ3n) is 2.08. The van der Waals surface area contributed by atoms with E-state index in [4.69, 9.17) is 5.11 Å². The second-order valence-electron chi connectivity index (χ2n) is 3.48. The molecule has 1 atom stereocenters. The first-order valence-corrected chi connectivity index (χ1v) is 5.51. The molecule has 0 aromatic heterocycles. The van der Waals surface area contributed by atoms with Crippen molar-refractivity contribution in [2.24, 2.45) is 0 Å². The zero-order valence-electron chi connectivity index (χ0n) is 8.34. The highest BCUT2D eigenvalue weighted by molar-refractivity contribution is 9.09. The molecular formula is C11H12BrFO2. The number of aliphatic carboxylic acids is 1. The van der Waals surface area contributed by atoms with Gasteiger partial charge in [-0.1, -0.05) is 28.1 Å². The fourth-order valence-corrected chi connectivity index (χ4v) is 2.00. The number of carboxylic acid groups (broad SMARTS) is 1. The number of benzene rings is 1. The van der Waals surface area contributed by atoms with Crippen LogP contribution in [0.25, 0.3) is 0 Å². The quantitative estimate of drug-likeness (QED) is 0.858. The predicted molar refractivity (Wildman–Crippen MR) is 59.8 cm³/mol. The lowest BCUT2D eigenvalue weighted by atomic mass is 10.1. The van der Waals surface area contributed by atoms with Gasteiger partial charge >= 0.3 is 5.97 Å². The normalized spacial score (nSPS) is 12.5. The summed E-state index contributed by atoms with van der Waals surface area (Å²) in [5.41, 5.74) is 1.53. The van der Waals surface area contributed by atoms with Crippen molar-refractivity contribution in [1.29, 1.82) is 0 Å². The molecule has 0 saturated heterocycles. The summed E-state index contributed by atoms with van der Waals surface area (Å²) in [7, 11) is 0. The van der Waals surface area contributed by atoms with Crippen molar-refractivity contribution in [3.63, 3.8) is 0 Å². The molecule has 0 bridgehead atoms. The Kier molecular flexibility index (Phi) is 4.27. The third-order valence-corrected chi connectivity index (χ3v) is 2.72. The van der Waals surface area contributed by atoms with Gasteiger partial charge in [-0.2, -0.15) is 0 Å². The Morgan fingerprint density at radius 3 is 2.80 bits per heavy atom. The molecule has 1 unspecified atom stereocenters. The Balaban J connectivity index is 2.64. The Labute approximate surface area is 96.2 Å². The molecule has 0 heterocycles. The third kappa shape index (κ3) is 4.00. The second-order valence-corrected chi connectivity index (χ2v) is 4.78. The van der Waals surface area contributed by atoms with E-state index in [2.05, 4.69) is 15.9 Å². The molecule has 0 aliphatic rings. The molecule has 4 heteroatoms. The van der Waals surface area contributed by atoms with Gasteiger partial charge in [-0.25, -0.2) is 4.39 Å². The first-order chi connectivity index (χ1) is 6.99. The van der Waals surface area contributed by atoms with E-state index >= 15 is 0 Å². The van der Waals surface area contributed by atoms with Gasteiger partial charge < -0.3 is 5.11 Å². The summed E-state index contributed by atoms with van der Waals surface area (Å²) in [5, 5.41) is 8.57. The van der Waals surface area contributed by atoms with Crippen molar-refractivity contribution in [1.82, 2.24) is 0 Å². The molecule has 0 amide bonds. The van der Waals surface area contributed by atoms with Crippen LogP contribution in [0.4, 0.5) is 4.39 Å². The molecule has 82 valence electrons. The molecule has 0 aliphatic carbocycles. The summed E-state index contributed by atoms with van der Waals surface area (Å²) < 4.78 is 12.9. The van der Waals surface area contributed by atoms with Crippen LogP contribution in [0.15, 0.2) is 18.2 Å². The van der Waals surface area contributed by atoms with E-state index < -0.39 is 5.97 Å². The number of aryl methyl sites for hydroxylation is 1. The molecule has 0 fully saturated rings. The first-order valence-electron chi connectivity index (χ1n) is 4.60. The van der Waals surface area contributed by atoms with E-state index in [0.29, 0.717) is 12.0 Å². The van der Waals surface area contributed by atoms with Crippen LogP contribution in [0.5, 0.6) is 0 Å². The highest BCUT2D eigenvalue weighted by atomic mass is 79.9. The molecule has 2 nitrogen and oxygen atoms in total. The molecule has 0 spiro atoms. The minimum absolute atomic E-state index is 0.0659. The standard InChI is InChI=1S/C11H12BrFO2/c1-7-4-8(2-3-10(7)13)5-9(12)6-11(14)15/h2-4,9H,5-6H2,1H3,(H,14,15). The van der Waals surface area contributed by atoms with Crippen LogP contribution >= 0.6 is 15.9 Å². The van der Waals surface area contributed by atoms with Crippen LogP contribution < -0.4 is 0 Å². The number of halogens is 2. The average molecular weight is 275 g/mol. The minimum Gasteiger partial charge on any atom is -0.481 e. The van der Waals surface area contributed by atoms with Gasteiger partial charge in [-0.3, -0.25) is 4.79 Å². The SMILES string of the molecule is Cc1cc(CC(Br)CC(=O)O)ccc1F. The lowest BCUT2D eigenvalue weighted by Gasteiger charge is -2.07. The van der Waals surface area contributed by atoms with Gasteiger partial charge in [-0.15, -0.1) is 0 Å². The van der Waals surface area contributed by atoms with Crippen LogP contribution in [-0.2, 0) is 11.2 Å². The molecule has 0 aliphatic heterocycles. The molecule has 15 heavy (non-hydrogen) atoms. The van der Waals surface area contributed by atoms with Gasteiger partial charge in [-0.05, 0) is 30.5 Å². The fraction of sp³-hybridized carbons (Fsp3) is 0.364. The van der Waals surface area contributed by atoms with Gasteiger partial charge in [0.1, 0.15) is 5.82 Å². The van der Waals surface area contributed by atoms with E-state index in [0.717, 1.165) is 5.56 Å². The summed E-state index contributed by atoms with van der Waals surface area (Å²) in [4.78, 5) is 10.3. The van der Waals surface area contributed by atoms with E-state index in [9.17, 15) is 9.18 Å². The van der Waals surface area contributed by atoms with Crippen LogP contribution in [0.3, 0.4) is 0 Å². The summed E-state index contributed by atoms with van der Waals surface area (Å²) in [6, 6.07) is 4.83. The molecule has 0 radical (unpaired) electrons. The largest absolute Gasteiger partial charge is 0.481 e. The highest BCUT2D eigenvalue weighted by Gasteiger charge is 2.10. The van der Waals surface area contributed by atoms with Crippen molar-refractivity contribution >= 4 is 21.9 Å². The molecule has 1 rings (SSSR count). The summed E-state index contributed by atoms with van der Waals surface area (Å²) in [6.45, 7) is 1.69. The lowest BCUT2D eigenvalue weighted by molar-refractivity contribution is -0.136. The maximum absolute atomic E-state index is 12.9. The maximum Gasteiger partial charge on any atom is 0.304 e. The molecule has 1 aromatic rings. The number of alkyl halides is 1. The maximum atomic E-state index is 12.9. The summed E-state index contributed by atoms with van der Waals surface area (Å²) in [5.74, 6) is -1.07. The Hall–Kier alpha value is -0.900. The number of carbonyl (C=O) groups is 1. The smallest absolute Gasteiger partial charge is 0.304 e. The van der Waals surface area contributed by atoms with Crippen molar-refractivity contribution < 1.29 is 14.3 Å². The van der Waals surface area contributed by atoms with E-state index in [1.54, 1.807) is 19.1 Å². The zero-order chi connectivity index (χ0) is 11.4. The highest BCUT2D eigenvalue weighted by Crippen LogP contribution is 2.16. The van der Waals surface area contributed by atoms with Gasteiger partial charge in [0.2, 0.25) is 0 Å². The topological polar surface area (TPSA) is 37.3 Å². The second kappa shape index (κ2) is 5.26. The number of rotatable bonds is 4. The van der Waals surface area contributed by atoms with Crippen LogP contribution in [0, 0.1) is 12.7 Å². The fourth-order valence-electron chi connectivity index (χ4n) is 1.35. The van der Waals surface area contributed by atoms with E-state index in [1.807, 2.05) is 0 Å². The lowest BCUT2D eigenvalue weighted by Crippen LogP contribution is -2.09. The summed E-state index contributed by atoms with van der Waals surface area (Å²) >= 11 is 3.28. The van der Waals surface area contributed by atoms with Crippen LogP contribution in [-0.4, -0.2) is 15.9 Å². The van der Waals surface area contributed by atoms with Crippen molar-refractivity contribution in [2.45, 2.75) is 24.6 Å².